The maximum Gasteiger partial charge on any atom is 0.337 e. The Bertz CT molecular complexity index is 542. The van der Waals surface area contributed by atoms with E-state index in [2.05, 4.69) is 4.98 Å². The Morgan fingerprint density at radius 1 is 1.38 bits per heavy atom. The largest absolute Gasteiger partial charge is 0.478 e. The summed E-state index contributed by atoms with van der Waals surface area (Å²) in [7, 11) is 0. The first-order valence-corrected chi connectivity index (χ1v) is 6.49. The average Bonchev–Trinajstić information content (AvgIpc) is 2.47. The summed E-state index contributed by atoms with van der Waals surface area (Å²) in [5, 5.41) is 28.9. The fourth-order valence-electron chi connectivity index (χ4n) is 2.27. The summed E-state index contributed by atoms with van der Waals surface area (Å²) in [6.45, 7) is 3.06. The molecule has 1 fully saturated rings. The van der Waals surface area contributed by atoms with Crippen LogP contribution in [0, 0.1) is 10.1 Å². The van der Waals surface area contributed by atoms with E-state index in [-0.39, 0.29) is 23.7 Å². The summed E-state index contributed by atoms with van der Waals surface area (Å²) in [4.78, 5) is 29.1. The van der Waals surface area contributed by atoms with E-state index >= 15 is 0 Å². The van der Waals surface area contributed by atoms with E-state index in [0.29, 0.717) is 32.7 Å². The van der Waals surface area contributed by atoms with Gasteiger partial charge in [-0.15, -0.1) is 0 Å². The smallest absolute Gasteiger partial charge is 0.337 e. The molecular formula is C12H16N4O5. The minimum atomic E-state index is -1.25. The Morgan fingerprint density at radius 2 is 2.05 bits per heavy atom. The number of anilines is 1. The second-order valence-electron chi connectivity index (χ2n) is 4.68. The van der Waals surface area contributed by atoms with Crippen LogP contribution in [0.1, 0.15) is 10.4 Å². The number of hydrogen-bond acceptors (Lipinski definition) is 7. The third-order valence-electron chi connectivity index (χ3n) is 3.38. The lowest BCUT2D eigenvalue weighted by molar-refractivity contribution is -0.384. The summed E-state index contributed by atoms with van der Waals surface area (Å²) in [5.41, 5.74) is -0.505. The zero-order chi connectivity index (χ0) is 15.4. The number of nitrogens with zero attached hydrogens (tertiary/aromatic N) is 4. The molecule has 0 amide bonds. The normalized spacial score (nSPS) is 16.0. The van der Waals surface area contributed by atoms with Gasteiger partial charge in [-0.2, -0.15) is 0 Å². The number of carbonyl (C=O) groups is 1. The molecular weight excluding hydrogens is 280 g/mol. The number of aromatic carboxylic acids is 1. The van der Waals surface area contributed by atoms with E-state index in [0.717, 1.165) is 12.3 Å². The van der Waals surface area contributed by atoms with E-state index in [1.54, 1.807) is 4.90 Å². The minimum Gasteiger partial charge on any atom is -0.478 e. The second-order valence-corrected chi connectivity index (χ2v) is 4.68. The maximum absolute atomic E-state index is 11.1. The molecule has 1 saturated heterocycles. The average molecular weight is 296 g/mol. The highest BCUT2D eigenvalue weighted by atomic mass is 16.6. The number of rotatable bonds is 5. The van der Waals surface area contributed by atoms with Crippen LogP contribution in [0.15, 0.2) is 12.3 Å². The SMILES string of the molecule is O=C(O)c1cnc(N2CCN(CCO)CC2)c([N+](=O)[O-])c1. The van der Waals surface area contributed by atoms with Crippen molar-refractivity contribution in [1.82, 2.24) is 9.88 Å². The van der Waals surface area contributed by atoms with Crippen molar-refractivity contribution in [3.8, 4) is 0 Å². The number of carboxylic acid groups (broad SMARTS) is 1. The number of aliphatic hydroxyl groups excluding tert-OH is 1. The first-order chi connectivity index (χ1) is 10.0. The Hall–Kier alpha value is -2.26. The van der Waals surface area contributed by atoms with Crippen LogP contribution in [0.4, 0.5) is 11.5 Å². The van der Waals surface area contributed by atoms with Gasteiger partial charge in [-0.1, -0.05) is 0 Å². The monoisotopic (exact) mass is 296 g/mol. The fourth-order valence-corrected chi connectivity index (χ4v) is 2.27. The van der Waals surface area contributed by atoms with Gasteiger partial charge in [0, 0.05) is 45.0 Å². The van der Waals surface area contributed by atoms with E-state index < -0.39 is 10.9 Å². The van der Waals surface area contributed by atoms with Crippen molar-refractivity contribution in [2.75, 3.05) is 44.2 Å². The molecule has 0 radical (unpaired) electrons. The second kappa shape index (κ2) is 6.46. The number of pyridine rings is 1. The van der Waals surface area contributed by atoms with Crippen LogP contribution < -0.4 is 4.90 Å². The van der Waals surface area contributed by atoms with Crippen molar-refractivity contribution in [2.45, 2.75) is 0 Å². The van der Waals surface area contributed by atoms with Crippen molar-refractivity contribution in [1.29, 1.82) is 0 Å². The number of aromatic nitrogens is 1. The molecule has 0 aromatic carbocycles. The molecule has 21 heavy (non-hydrogen) atoms. The maximum atomic E-state index is 11.1. The summed E-state index contributed by atoms with van der Waals surface area (Å²) in [6, 6.07) is 1.03. The van der Waals surface area contributed by atoms with Gasteiger partial charge in [0.05, 0.1) is 17.1 Å². The third kappa shape index (κ3) is 3.44. The molecule has 2 heterocycles. The molecule has 0 atom stereocenters. The lowest BCUT2D eigenvalue weighted by Gasteiger charge is -2.34. The van der Waals surface area contributed by atoms with Crippen LogP contribution in [0.3, 0.4) is 0 Å². The van der Waals surface area contributed by atoms with Crippen molar-refractivity contribution in [2.24, 2.45) is 0 Å². The first-order valence-electron chi connectivity index (χ1n) is 6.49. The highest BCUT2D eigenvalue weighted by molar-refractivity contribution is 5.88. The van der Waals surface area contributed by atoms with Crippen LogP contribution in [0.5, 0.6) is 0 Å². The molecule has 0 aliphatic carbocycles. The molecule has 0 spiro atoms. The van der Waals surface area contributed by atoms with Crippen molar-refractivity contribution < 1.29 is 19.9 Å². The van der Waals surface area contributed by atoms with E-state index in [9.17, 15) is 14.9 Å². The number of hydrogen-bond donors (Lipinski definition) is 2. The standard InChI is InChI=1S/C12H16N4O5/c17-6-5-14-1-3-15(4-2-14)11-10(16(20)21)7-9(8-13-11)12(18)19/h7-8,17H,1-6H2,(H,18,19). The molecule has 2 rings (SSSR count). The number of nitro groups is 1. The Kier molecular flexibility index (Phi) is 4.66. The molecule has 9 nitrogen and oxygen atoms in total. The summed E-state index contributed by atoms with van der Waals surface area (Å²) >= 11 is 0. The summed E-state index contributed by atoms with van der Waals surface area (Å²) in [5.74, 6) is -1.06. The van der Waals surface area contributed by atoms with Gasteiger partial charge in [0.2, 0.25) is 5.82 Å². The van der Waals surface area contributed by atoms with Gasteiger partial charge in [0.1, 0.15) is 0 Å². The number of carboxylic acids is 1. The Morgan fingerprint density at radius 3 is 2.57 bits per heavy atom. The summed E-state index contributed by atoms with van der Waals surface area (Å²) in [6.07, 6.45) is 1.13. The third-order valence-corrected chi connectivity index (χ3v) is 3.38. The molecule has 1 aliphatic rings. The van der Waals surface area contributed by atoms with Gasteiger partial charge >= 0.3 is 11.7 Å². The number of β-amino-alcohol motifs (C(OH)–C–C–N with tert-alkyl or cyclic N) is 1. The van der Waals surface area contributed by atoms with Gasteiger partial charge in [0.25, 0.3) is 0 Å². The van der Waals surface area contributed by atoms with Crippen LogP contribution >= 0.6 is 0 Å². The molecule has 1 aliphatic heterocycles. The van der Waals surface area contributed by atoms with Gasteiger partial charge < -0.3 is 15.1 Å². The lowest BCUT2D eigenvalue weighted by atomic mass is 10.2. The van der Waals surface area contributed by atoms with Crippen LogP contribution in [0.2, 0.25) is 0 Å². The predicted octanol–water partition coefficient (Wildman–Crippen LogP) is -0.198. The van der Waals surface area contributed by atoms with Gasteiger partial charge in [-0.25, -0.2) is 9.78 Å². The molecule has 1 aromatic heterocycles. The van der Waals surface area contributed by atoms with E-state index in [1.165, 1.54) is 0 Å². The van der Waals surface area contributed by atoms with Gasteiger partial charge in [-0.05, 0) is 0 Å². The zero-order valence-electron chi connectivity index (χ0n) is 11.3. The molecule has 0 saturated carbocycles. The zero-order valence-corrected chi connectivity index (χ0v) is 11.3. The molecule has 0 unspecified atom stereocenters. The van der Waals surface area contributed by atoms with Crippen molar-refractivity contribution in [3.05, 3.63) is 27.9 Å². The Balaban J connectivity index is 2.20. The highest BCUT2D eigenvalue weighted by Gasteiger charge is 2.26. The number of aliphatic hydroxyl groups is 1. The highest BCUT2D eigenvalue weighted by Crippen LogP contribution is 2.27. The fraction of sp³-hybridized carbons (Fsp3) is 0.500. The van der Waals surface area contributed by atoms with Crippen LogP contribution in [0.25, 0.3) is 0 Å². The number of piperazine rings is 1. The molecule has 2 N–H and O–H groups in total. The van der Waals surface area contributed by atoms with Crippen LogP contribution in [-0.2, 0) is 0 Å². The molecule has 9 heteroatoms. The molecule has 0 bridgehead atoms. The lowest BCUT2D eigenvalue weighted by Crippen LogP contribution is -2.47. The van der Waals surface area contributed by atoms with Crippen molar-refractivity contribution >= 4 is 17.5 Å². The van der Waals surface area contributed by atoms with Gasteiger partial charge in [-0.3, -0.25) is 15.0 Å². The van der Waals surface area contributed by atoms with E-state index in [4.69, 9.17) is 10.2 Å². The van der Waals surface area contributed by atoms with Crippen molar-refractivity contribution in [3.63, 3.8) is 0 Å². The first kappa shape index (κ1) is 15.1. The molecule has 114 valence electrons. The molecule has 1 aromatic rings. The van der Waals surface area contributed by atoms with E-state index in [1.807, 2.05) is 4.90 Å². The Labute approximate surface area is 120 Å². The van der Waals surface area contributed by atoms with Gasteiger partial charge in [0.15, 0.2) is 0 Å². The van der Waals surface area contributed by atoms with Crippen LogP contribution in [-0.4, -0.2) is 70.3 Å². The summed E-state index contributed by atoms with van der Waals surface area (Å²) < 4.78 is 0. The topological polar surface area (TPSA) is 120 Å². The minimum absolute atomic E-state index is 0.0751. The quantitative estimate of drug-likeness (QED) is 0.566. The predicted molar refractivity (Wildman–Crippen MR) is 73.6 cm³/mol.